The van der Waals surface area contributed by atoms with Crippen LogP contribution in [-0.4, -0.2) is 35.1 Å². The first-order valence-electron chi connectivity index (χ1n) is 10.0. The quantitative estimate of drug-likeness (QED) is 0.470. The molecule has 0 aliphatic heterocycles. The number of carbonyl (C=O) groups excluding carboxylic acids is 1. The fourth-order valence-corrected chi connectivity index (χ4v) is 5.31. The van der Waals surface area contributed by atoms with Crippen LogP contribution in [-0.2, 0) is 14.6 Å². The first kappa shape index (κ1) is 24.4. The number of benzene rings is 3. The third-order valence-corrected chi connectivity index (χ3v) is 7.22. The summed E-state index contributed by atoms with van der Waals surface area (Å²) in [6.45, 7) is 3.42. The number of sulfone groups is 1. The minimum Gasteiger partial charge on any atom is -0.493 e. The number of methoxy groups -OCH3 is 2. The Morgan fingerprint density at radius 1 is 0.939 bits per heavy atom. The molecule has 3 aromatic rings. The van der Waals surface area contributed by atoms with E-state index in [2.05, 4.69) is 10.6 Å². The van der Waals surface area contributed by atoms with Crippen molar-refractivity contribution in [3.05, 3.63) is 70.7 Å². The molecular formula is C24H25ClN2O5S. The summed E-state index contributed by atoms with van der Waals surface area (Å²) in [5, 5.41) is 6.10. The summed E-state index contributed by atoms with van der Waals surface area (Å²) in [6, 6.07) is 14.8. The number of anilines is 2. The maximum absolute atomic E-state index is 13.6. The van der Waals surface area contributed by atoms with Gasteiger partial charge in [-0.2, -0.15) is 0 Å². The molecule has 0 unspecified atom stereocenters. The molecule has 0 heterocycles. The van der Waals surface area contributed by atoms with Crippen LogP contribution in [0.4, 0.5) is 11.4 Å². The zero-order valence-corrected chi connectivity index (χ0v) is 20.3. The van der Waals surface area contributed by atoms with Gasteiger partial charge in [-0.15, -0.1) is 0 Å². The van der Waals surface area contributed by atoms with Crippen LogP contribution in [0.1, 0.15) is 11.1 Å². The zero-order chi connectivity index (χ0) is 24.2. The van der Waals surface area contributed by atoms with Crippen LogP contribution in [0, 0.1) is 13.8 Å². The largest absolute Gasteiger partial charge is 0.493 e. The fourth-order valence-electron chi connectivity index (χ4n) is 3.48. The first-order chi connectivity index (χ1) is 15.7. The Balaban J connectivity index is 1.94. The highest BCUT2D eigenvalue weighted by molar-refractivity contribution is 7.91. The van der Waals surface area contributed by atoms with Gasteiger partial charge in [0.1, 0.15) is 0 Å². The van der Waals surface area contributed by atoms with Gasteiger partial charge >= 0.3 is 0 Å². The van der Waals surface area contributed by atoms with E-state index in [4.69, 9.17) is 21.1 Å². The van der Waals surface area contributed by atoms with Crippen molar-refractivity contribution in [2.75, 3.05) is 31.4 Å². The number of halogens is 1. The molecule has 2 N–H and O–H groups in total. The number of hydrogen-bond donors (Lipinski definition) is 2. The average Bonchev–Trinajstić information content (AvgIpc) is 2.78. The Morgan fingerprint density at radius 3 is 2.30 bits per heavy atom. The molecule has 0 fully saturated rings. The highest BCUT2D eigenvalue weighted by Gasteiger charge is 2.26. The summed E-state index contributed by atoms with van der Waals surface area (Å²) >= 11 is 6.09. The van der Waals surface area contributed by atoms with Crippen molar-refractivity contribution in [1.82, 2.24) is 0 Å². The minimum absolute atomic E-state index is 0.0515. The molecule has 0 atom stereocenters. The zero-order valence-electron chi connectivity index (χ0n) is 18.7. The van der Waals surface area contributed by atoms with Crippen molar-refractivity contribution in [3.8, 4) is 11.5 Å². The lowest BCUT2D eigenvalue weighted by atomic mass is 10.1. The number of aryl methyl sites for hydroxylation is 2. The molecule has 0 aliphatic carbocycles. The van der Waals surface area contributed by atoms with Crippen LogP contribution in [0.3, 0.4) is 0 Å². The lowest BCUT2D eigenvalue weighted by molar-refractivity contribution is -0.114. The second-order valence-electron chi connectivity index (χ2n) is 7.36. The molecule has 0 aliphatic rings. The molecule has 3 rings (SSSR count). The fraction of sp³-hybridized carbons (Fsp3) is 0.208. The summed E-state index contributed by atoms with van der Waals surface area (Å²) < 4.78 is 37.6. The summed E-state index contributed by atoms with van der Waals surface area (Å²) in [4.78, 5) is 12.6. The molecule has 0 radical (unpaired) electrons. The normalized spacial score (nSPS) is 11.1. The number of amides is 1. The van der Waals surface area contributed by atoms with Gasteiger partial charge in [0.05, 0.1) is 47.0 Å². The maximum Gasteiger partial charge on any atom is 0.243 e. The Bertz CT molecular complexity index is 1290. The Morgan fingerprint density at radius 2 is 1.64 bits per heavy atom. The molecule has 7 nitrogen and oxygen atoms in total. The highest BCUT2D eigenvalue weighted by Crippen LogP contribution is 2.36. The van der Waals surface area contributed by atoms with Gasteiger partial charge in [-0.05, 0) is 55.3 Å². The van der Waals surface area contributed by atoms with E-state index >= 15 is 0 Å². The Hall–Kier alpha value is -3.23. The first-order valence-corrected chi connectivity index (χ1v) is 11.9. The number of nitrogens with one attached hydrogen (secondary N) is 2. The monoisotopic (exact) mass is 488 g/mol. The summed E-state index contributed by atoms with van der Waals surface area (Å²) in [5.41, 5.74) is 2.22. The molecular weight excluding hydrogens is 464 g/mol. The van der Waals surface area contributed by atoms with Crippen molar-refractivity contribution in [1.29, 1.82) is 0 Å². The average molecular weight is 489 g/mol. The lowest BCUT2D eigenvalue weighted by Gasteiger charge is -2.17. The van der Waals surface area contributed by atoms with Gasteiger partial charge < -0.3 is 20.1 Å². The van der Waals surface area contributed by atoms with Gasteiger partial charge in [0.15, 0.2) is 11.5 Å². The van der Waals surface area contributed by atoms with Crippen LogP contribution < -0.4 is 20.1 Å². The van der Waals surface area contributed by atoms with Crippen molar-refractivity contribution in [3.63, 3.8) is 0 Å². The second-order valence-corrected chi connectivity index (χ2v) is 9.65. The van der Waals surface area contributed by atoms with E-state index in [1.807, 2.05) is 6.92 Å². The van der Waals surface area contributed by atoms with Gasteiger partial charge in [0.25, 0.3) is 0 Å². The number of hydrogen-bond acceptors (Lipinski definition) is 6. The van der Waals surface area contributed by atoms with E-state index in [-0.39, 0.29) is 22.2 Å². The summed E-state index contributed by atoms with van der Waals surface area (Å²) in [6.07, 6.45) is 0. The molecule has 33 heavy (non-hydrogen) atoms. The van der Waals surface area contributed by atoms with Gasteiger partial charge in [-0.1, -0.05) is 29.8 Å². The van der Waals surface area contributed by atoms with Gasteiger partial charge in [0.2, 0.25) is 15.7 Å². The van der Waals surface area contributed by atoms with Gasteiger partial charge in [-0.3, -0.25) is 4.79 Å². The van der Waals surface area contributed by atoms with Crippen molar-refractivity contribution < 1.29 is 22.7 Å². The minimum atomic E-state index is -3.94. The van der Waals surface area contributed by atoms with Gasteiger partial charge in [-0.25, -0.2) is 8.42 Å². The number of carbonyl (C=O) groups is 1. The summed E-state index contributed by atoms with van der Waals surface area (Å²) in [5.74, 6) is 0.361. The predicted octanol–water partition coefficient (Wildman–Crippen LogP) is 4.86. The van der Waals surface area contributed by atoms with Crippen LogP contribution in [0.25, 0.3) is 0 Å². The van der Waals surface area contributed by atoms with Crippen LogP contribution in [0.5, 0.6) is 11.5 Å². The van der Waals surface area contributed by atoms with E-state index in [9.17, 15) is 13.2 Å². The summed E-state index contributed by atoms with van der Waals surface area (Å²) in [7, 11) is -1.02. The standard InChI is InChI=1S/C24H25ClN2O5S/c1-15-11-16(2)24(33(29,30)17-9-10-21(31-3)22(13-17)32-4)20(12-15)26-14-23(28)27-19-8-6-5-7-18(19)25/h5-13,26H,14H2,1-4H3,(H,27,28). The third kappa shape index (κ3) is 5.40. The number of ether oxygens (including phenoxy) is 2. The molecule has 0 saturated carbocycles. The smallest absolute Gasteiger partial charge is 0.243 e. The van der Waals surface area contributed by atoms with E-state index in [0.29, 0.717) is 33.5 Å². The van der Waals surface area contributed by atoms with Gasteiger partial charge in [0, 0.05) is 6.07 Å². The number of rotatable bonds is 8. The Kier molecular flexibility index (Phi) is 7.50. The van der Waals surface area contributed by atoms with E-state index in [1.165, 1.54) is 26.4 Å². The maximum atomic E-state index is 13.6. The third-order valence-electron chi connectivity index (χ3n) is 4.94. The van der Waals surface area contributed by atoms with E-state index in [0.717, 1.165) is 5.56 Å². The molecule has 0 aromatic heterocycles. The molecule has 0 saturated heterocycles. The SMILES string of the molecule is COc1ccc(S(=O)(=O)c2c(C)cc(C)cc2NCC(=O)Nc2ccccc2Cl)cc1OC. The molecule has 1 amide bonds. The molecule has 0 spiro atoms. The second kappa shape index (κ2) is 10.1. The molecule has 0 bridgehead atoms. The van der Waals surface area contributed by atoms with Crippen LogP contribution >= 0.6 is 11.6 Å². The van der Waals surface area contributed by atoms with Crippen molar-refractivity contribution in [2.45, 2.75) is 23.6 Å². The van der Waals surface area contributed by atoms with Crippen LogP contribution in [0.2, 0.25) is 5.02 Å². The topological polar surface area (TPSA) is 93.7 Å². The van der Waals surface area contributed by atoms with Crippen molar-refractivity contribution in [2.24, 2.45) is 0 Å². The number of para-hydroxylation sites is 1. The Labute approximate surface area is 198 Å². The van der Waals surface area contributed by atoms with Crippen LogP contribution in [0.15, 0.2) is 64.4 Å². The molecule has 174 valence electrons. The molecule has 9 heteroatoms. The lowest BCUT2D eigenvalue weighted by Crippen LogP contribution is -2.23. The molecule has 3 aromatic carbocycles. The van der Waals surface area contributed by atoms with Crippen molar-refractivity contribution >= 4 is 38.7 Å². The van der Waals surface area contributed by atoms with E-state index in [1.54, 1.807) is 49.4 Å². The van der Waals surface area contributed by atoms with E-state index < -0.39 is 9.84 Å². The highest BCUT2D eigenvalue weighted by atomic mass is 35.5. The predicted molar refractivity (Wildman–Crippen MR) is 129 cm³/mol.